The Morgan fingerprint density at radius 3 is 2.37 bits per heavy atom. The maximum Gasteiger partial charge on any atom is 0.296 e. The van der Waals surface area contributed by atoms with Crippen LogP contribution in [0, 0.1) is 0 Å². The quantitative estimate of drug-likeness (QED) is 0.435. The average Bonchev–Trinajstić information content (AvgIpc) is 3.18. The Kier molecular flexibility index (Phi) is 6.03. The Morgan fingerprint density at radius 2 is 1.77 bits per heavy atom. The molecule has 160 valence electrons. The maximum atomic E-state index is 12.1. The van der Waals surface area contributed by atoms with Crippen LogP contribution in [0.15, 0.2) is 69.0 Å². The van der Waals surface area contributed by atoms with Gasteiger partial charge >= 0.3 is 0 Å². The second-order valence-electron chi connectivity index (χ2n) is 6.03. The lowest BCUT2D eigenvalue weighted by atomic mass is 10.2. The molecule has 1 heterocycles. The summed E-state index contributed by atoms with van der Waals surface area (Å²) < 4.78 is 73.3. The fourth-order valence-corrected chi connectivity index (χ4v) is 4.00. The lowest BCUT2D eigenvalue weighted by Crippen LogP contribution is -2.16. The number of methoxy groups -OCH3 is 1. The van der Waals surface area contributed by atoms with Crippen LogP contribution in [-0.4, -0.2) is 28.5 Å². The number of nitrogens with two attached hydrogens (primary N) is 1. The van der Waals surface area contributed by atoms with Crippen LogP contribution in [-0.2, 0) is 26.7 Å². The SMILES string of the molecule is COc1cccc(Oc2cc(NCc3ccco3)c(S(=O)(=O)O)cc2S(N)(=O)=O)c1. The molecule has 0 aliphatic rings. The van der Waals surface area contributed by atoms with Gasteiger partial charge in [0.25, 0.3) is 10.1 Å². The Bertz CT molecular complexity index is 1250. The Balaban J connectivity index is 2.11. The van der Waals surface area contributed by atoms with Crippen molar-refractivity contribution in [2.24, 2.45) is 5.14 Å². The van der Waals surface area contributed by atoms with Crippen molar-refractivity contribution in [3.63, 3.8) is 0 Å². The van der Waals surface area contributed by atoms with Crippen molar-refractivity contribution in [3.8, 4) is 17.2 Å². The van der Waals surface area contributed by atoms with Crippen molar-refractivity contribution in [1.29, 1.82) is 0 Å². The number of furan rings is 1. The van der Waals surface area contributed by atoms with Crippen LogP contribution in [0.2, 0.25) is 0 Å². The topological polar surface area (TPSA) is 158 Å². The van der Waals surface area contributed by atoms with E-state index < -0.39 is 29.9 Å². The Morgan fingerprint density at radius 1 is 1.03 bits per heavy atom. The second-order valence-corrected chi connectivity index (χ2v) is 8.95. The molecule has 30 heavy (non-hydrogen) atoms. The normalized spacial score (nSPS) is 11.8. The van der Waals surface area contributed by atoms with E-state index in [1.165, 1.54) is 19.4 Å². The molecule has 0 fully saturated rings. The number of anilines is 1. The fourth-order valence-electron chi connectivity index (χ4n) is 2.58. The van der Waals surface area contributed by atoms with Gasteiger partial charge in [-0.3, -0.25) is 4.55 Å². The van der Waals surface area contributed by atoms with E-state index >= 15 is 0 Å². The predicted octanol–water partition coefficient (Wildman–Crippen LogP) is 2.59. The smallest absolute Gasteiger partial charge is 0.296 e. The summed E-state index contributed by atoms with van der Waals surface area (Å²) >= 11 is 0. The zero-order valence-electron chi connectivity index (χ0n) is 15.6. The molecule has 0 aliphatic heterocycles. The van der Waals surface area contributed by atoms with Gasteiger partial charge in [0.05, 0.1) is 25.6 Å². The highest BCUT2D eigenvalue weighted by Gasteiger charge is 2.25. The highest BCUT2D eigenvalue weighted by Crippen LogP contribution is 2.36. The summed E-state index contributed by atoms with van der Waals surface area (Å²) in [6.45, 7) is 0.0584. The monoisotopic (exact) mass is 454 g/mol. The molecule has 0 spiro atoms. The first-order valence-electron chi connectivity index (χ1n) is 8.34. The zero-order valence-corrected chi connectivity index (χ0v) is 17.2. The van der Waals surface area contributed by atoms with E-state index in [1.807, 2.05) is 0 Å². The van der Waals surface area contributed by atoms with Crippen LogP contribution in [0.4, 0.5) is 5.69 Å². The predicted molar refractivity (Wildman–Crippen MR) is 107 cm³/mol. The third kappa shape index (κ3) is 5.10. The molecule has 0 radical (unpaired) electrons. The number of sulfonamides is 1. The van der Waals surface area contributed by atoms with E-state index in [9.17, 15) is 21.4 Å². The number of hydrogen-bond acceptors (Lipinski definition) is 8. The number of ether oxygens (including phenoxy) is 2. The van der Waals surface area contributed by atoms with Gasteiger partial charge in [-0.2, -0.15) is 8.42 Å². The first-order chi connectivity index (χ1) is 14.1. The molecule has 3 aromatic rings. The molecular formula is C18H18N2O8S2. The van der Waals surface area contributed by atoms with Gasteiger partial charge in [-0.25, -0.2) is 13.6 Å². The van der Waals surface area contributed by atoms with Crippen molar-refractivity contribution >= 4 is 25.8 Å². The summed E-state index contributed by atoms with van der Waals surface area (Å²) in [4.78, 5) is -1.31. The van der Waals surface area contributed by atoms with Crippen molar-refractivity contribution in [3.05, 3.63) is 60.6 Å². The van der Waals surface area contributed by atoms with E-state index in [1.54, 1.807) is 30.3 Å². The number of nitrogens with one attached hydrogen (secondary N) is 1. The molecule has 0 atom stereocenters. The maximum absolute atomic E-state index is 12.1. The van der Waals surface area contributed by atoms with Crippen molar-refractivity contribution in [2.75, 3.05) is 12.4 Å². The third-order valence-electron chi connectivity index (χ3n) is 3.93. The lowest BCUT2D eigenvalue weighted by molar-refractivity contribution is 0.408. The highest BCUT2D eigenvalue weighted by molar-refractivity contribution is 7.89. The average molecular weight is 454 g/mol. The molecular weight excluding hydrogens is 436 g/mol. The first-order valence-corrected chi connectivity index (χ1v) is 11.3. The number of rotatable bonds is 8. The molecule has 0 saturated heterocycles. The molecule has 0 saturated carbocycles. The van der Waals surface area contributed by atoms with Crippen LogP contribution in [0.5, 0.6) is 17.2 Å². The van der Waals surface area contributed by atoms with Gasteiger partial charge in [0.2, 0.25) is 10.0 Å². The third-order valence-corrected chi connectivity index (χ3v) is 5.76. The van der Waals surface area contributed by atoms with Gasteiger partial charge in [0.15, 0.2) is 0 Å². The van der Waals surface area contributed by atoms with Gasteiger partial charge in [-0.15, -0.1) is 0 Å². The minimum atomic E-state index is -4.80. The van der Waals surface area contributed by atoms with E-state index in [4.69, 9.17) is 19.0 Å². The summed E-state index contributed by atoms with van der Waals surface area (Å²) in [6, 6.07) is 11.4. The van der Waals surface area contributed by atoms with Crippen LogP contribution in [0.3, 0.4) is 0 Å². The van der Waals surface area contributed by atoms with Gasteiger partial charge in [0, 0.05) is 12.1 Å². The van der Waals surface area contributed by atoms with Crippen molar-refractivity contribution in [2.45, 2.75) is 16.3 Å². The minimum absolute atomic E-state index is 0.0584. The van der Waals surface area contributed by atoms with Gasteiger partial charge in [-0.05, 0) is 30.3 Å². The zero-order chi connectivity index (χ0) is 21.9. The van der Waals surface area contributed by atoms with Crippen LogP contribution in [0.1, 0.15) is 5.76 Å². The molecule has 0 bridgehead atoms. The molecule has 3 rings (SSSR count). The fraction of sp³-hybridized carbons (Fsp3) is 0.111. The summed E-state index contributed by atoms with van der Waals surface area (Å²) in [5.74, 6) is 0.897. The summed E-state index contributed by atoms with van der Waals surface area (Å²) in [6.07, 6.45) is 1.43. The second kappa shape index (κ2) is 8.36. The van der Waals surface area contributed by atoms with Gasteiger partial charge in [-0.1, -0.05) is 6.07 Å². The summed E-state index contributed by atoms with van der Waals surface area (Å²) in [5, 5.41) is 8.01. The molecule has 0 aliphatic carbocycles. The molecule has 2 aromatic carbocycles. The molecule has 0 unspecified atom stereocenters. The van der Waals surface area contributed by atoms with Crippen LogP contribution in [0.25, 0.3) is 0 Å². The first kappa shape index (κ1) is 21.6. The number of primary sulfonamides is 1. The van der Waals surface area contributed by atoms with Crippen molar-refractivity contribution in [1.82, 2.24) is 0 Å². The molecule has 10 nitrogen and oxygen atoms in total. The summed E-state index contributed by atoms with van der Waals surface area (Å²) in [7, 11) is -7.75. The van der Waals surface area contributed by atoms with Gasteiger partial charge in [0.1, 0.15) is 32.8 Å². The summed E-state index contributed by atoms with van der Waals surface area (Å²) in [5.41, 5.74) is -0.112. The van der Waals surface area contributed by atoms with E-state index in [2.05, 4.69) is 5.32 Å². The minimum Gasteiger partial charge on any atom is -0.497 e. The molecule has 12 heteroatoms. The lowest BCUT2D eigenvalue weighted by Gasteiger charge is -2.16. The molecule has 0 amide bonds. The van der Waals surface area contributed by atoms with Crippen LogP contribution < -0.4 is 19.9 Å². The van der Waals surface area contributed by atoms with Crippen LogP contribution >= 0.6 is 0 Å². The standard InChI is InChI=1S/C18H18N2O8S2/c1-26-12-4-2-5-13(8-12)28-16-9-15(20-11-14-6-3-7-27-14)17(30(23,24)25)10-18(16)29(19,21)22/h2-10,20H,11H2,1H3,(H2,19,21,22)(H,23,24,25). The highest BCUT2D eigenvalue weighted by atomic mass is 32.2. The van der Waals surface area contributed by atoms with E-state index in [0.717, 1.165) is 12.1 Å². The van der Waals surface area contributed by atoms with E-state index in [0.29, 0.717) is 11.5 Å². The largest absolute Gasteiger partial charge is 0.497 e. The molecule has 4 N–H and O–H groups in total. The Labute approximate surface area is 173 Å². The Hall–Kier alpha value is -3.06. The number of hydrogen-bond donors (Lipinski definition) is 3. The number of benzene rings is 2. The van der Waals surface area contributed by atoms with E-state index in [-0.39, 0.29) is 23.7 Å². The van der Waals surface area contributed by atoms with Gasteiger partial charge < -0.3 is 19.2 Å². The van der Waals surface area contributed by atoms with Crippen molar-refractivity contribution < 1.29 is 35.3 Å². The molecule has 1 aromatic heterocycles.